The average Bonchev–Trinajstić information content (AvgIpc) is 2.70. The molecule has 2 aromatic rings. The summed E-state index contributed by atoms with van der Waals surface area (Å²) in [4.78, 5) is 28.5. The van der Waals surface area contributed by atoms with Gasteiger partial charge >= 0.3 is 12.6 Å². The SMILES string of the molecule is COc1ccc(C=C(C#N)C(=O)ONC(=O)c2ccc(OC(F)F)cc2)cc1. The maximum absolute atomic E-state index is 12.1. The van der Waals surface area contributed by atoms with Crippen molar-refractivity contribution < 1.29 is 32.7 Å². The van der Waals surface area contributed by atoms with E-state index < -0.39 is 18.5 Å². The van der Waals surface area contributed by atoms with Gasteiger partial charge in [0, 0.05) is 5.56 Å². The number of carbonyl (C=O) groups excluding carboxylic acids is 2. The van der Waals surface area contributed by atoms with Gasteiger partial charge in [0.25, 0.3) is 5.91 Å². The number of nitrogens with zero attached hydrogens (tertiary/aromatic N) is 1. The van der Waals surface area contributed by atoms with Crippen LogP contribution in [0.25, 0.3) is 6.08 Å². The van der Waals surface area contributed by atoms with Gasteiger partial charge in [-0.3, -0.25) is 4.79 Å². The van der Waals surface area contributed by atoms with Crippen molar-refractivity contribution in [3.63, 3.8) is 0 Å². The van der Waals surface area contributed by atoms with E-state index in [2.05, 4.69) is 9.57 Å². The van der Waals surface area contributed by atoms with Crippen LogP contribution in [-0.2, 0) is 9.63 Å². The van der Waals surface area contributed by atoms with E-state index in [-0.39, 0.29) is 16.9 Å². The number of nitriles is 1. The molecule has 0 heterocycles. The zero-order valence-electron chi connectivity index (χ0n) is 14.5. The van der Waals surface area contributed by atoms with E-state index in [1.807, 2.05) is 5.48 Å². The number of hydrogen-bond donors (Lipinski definition) is 1. The average molecular weight is 388 g/mol. The second-order valence-electron chi connectivity index (χ2n) is 5.17. The van der Waals surface area contributed by atoms with E-state index in [0.717, 1.165) is 12.1 Å². The monoisotopic (exact) mass is 388 g/mol. The summed E-state index contributed by atoms with van der Waals surface area (Å²) in [7, 11) is 1.50. The van der Waals surface area contributed by atoms with Crippen molar-refractivity contribution in [1.82, 2.24) is 5.48 Å². The van der Waals surface area contributed by atoms with Crippen molar-refractivity contribution in [2.24, 2.45) is 0 Å². The van der Waals surface area contributed by atoms with Crippen LogP contribution in [-0.4, -0.2) is 25.6 Å². The van der Waals surface area contributed by atoms with Gasteiger partial charge in [0.05, 0.1) is 7.11 Å². The molecule has 0 aromatic heterocycles. The molecule has 7 nitrogen and oxygen atoms in total. The first-order valence-corrected chi connectivity index (χ1v) is 7.75. The Hall–Kier alpha value is -3.93. The number of alkyl halides is 2. The van der Waals surface area contributed by atoms with Crippen LogP contribution in [0.1, 0.15) is 15.9 Å². The highest BCUT2D eigenvalue weighted by Crippen LogP contribution is 2.16. The van der Waals surface area contributed by atoms with E-state index in [0.29, 0.717) is 11.3 Å². The Labute approximate surface area is 158 Å². The molecule has 0 unspecified atom stereocenters. The summed E-state index contributed by atoms with van der Waals surface area (Å²) in [6.45, 7) is -2.98. The van der Waals surface area contributed by atoms with Crippen LogP contribution < -0.4 is 15.0 Å². The van der Waals surface area contributed by atoms with Crippen molar-refractivity contribution in [2.45, 2.75) is 6.61 Å². The molecule has 28 heavy (non-hydrogen) atoms. The van der Waals surface area contributed by atoms with Gasteiger partial charge in [-0.2, -0.15) is 19.5 Å². The number of hydrogen-bond acceptors (Lipinski definition) is 6. The number of benzene rings is 2. The Morgan fingerprint density at radius 3 is 2.21 bits per heavy atom. The van der Waals surface area contributed by atoms with Crippen LogP contribution >= 0.6 is 0 Å². The highest BCUT2D eigenvalue weighted by Gasteiger charge is 2.14. The first-order valence-electron chi connectivity index (χ1n) is 7.75. The molecule has 0 bridgehead atoms. The zero-order chi connectivity index (χ0) is 20.5. The van der Waals surface area contributed by atoms with Gasteiger partial charge < -0.3 is 14.3 Å². The summed E-state index contributed by atoms with van der Waals surface area (Å²) < 4.78 is 33.4. The fourth-order valence-corrected chi connectivity index (χ4v) is 2.00. The fourth-order valence-electron chi connectivity index (χ4n) is 2.00. The maximum Gasteiger partial charge on any atom is 0.387 e. The van der Waals surface area contributed by atoms with Gasteiger partial charge in [0.2, 0.25) is 0 Å². The lowest BCUT2D eigenvalue weighted by Gasteiger charge is -2.07. The third-order valence-corrected chi connectivity index (χ3v) is 3.35. The lowest BCUT2D eigenvalue weighted by Crippen LogP contribution is -2.27. The molecule has 2 aromatic carbocycles. The predicted octanol–water partition coefficient (Wildman–Crippen LogP) is 3.09. The summed E-state index contributed by atoms with van der Waals surface area (Å²) in [5.74, 6) is -1.39. The molecule has 0 fully saturated rings. The Morgan fingerprint density at radius 1 is 1.07 bits per heavy atom. The smallest absolute Gasteiger partial charge is 0.387 e. The number of ether oxygens (including phenoxy) is 2. The summed E-state index contributed by atoms with van der Waals surface area (Å²) in [6, 6.07) is 13.0. The van der Waals surface area contributed by atoms with Crippen molar-refractivity contribution in [3.05, 3.63) is 65.2 Å². The standard InChI is InChI=1S/C19H14F2N2O5/c1-26-15-6-2-12(3-7-15)10-14(11-22)18(25)28-23-17(24)13-4-8-16(9-5-13)27-19(20)21/h2-10,19H,1H3,(H,23,24). The second-order valence-corrected chi connectivity index (χ2v) is 5.17. The van der Waals surface area contributed by atoms with E-state index in [9.17, 15) is 18.4 Å². The third-order valence-electron chi connectivity index (χ3n) is 3.35. The molecule has 1 amide bonds. The summed E-state index contributed by atoms with van der Waals surface area (Å²) >= 11 is 0. The molecule has 2 rings (SSSR count). The Kier molecular flexibility index (Phi) is 7.05. The molecule has 0 aliphatic rings. The van der Waals surface area contributed by atoms with Crippen molar-refractivity contribution in [2.75, 3.05) is 7.11 Å². The number of carbonyl (C=O) groups is 2. The minimum Gasteiger partial charge on any atom is -0.497 e. The Morgan fingerprint density at radius 2 is 1.68 bits per heavy atom. The molecule has 0 aliphatic heterocycles. The first kappa shape index (κ1) is 20.4. The van der Waals surface area contributed by atoms with Crippen LogP contribution in [0.3, 0.4) is 0 Å². The number of halogens is 2. The van der Waals surface area contributed by atoms with Gasteiger partial charge in [-0.15, -0.1) is 0 Å². The quantitative estimate of drug-likeness (QED) is 0.464. The molecule has 0 saturated carbocycles. The van der Waals surface area contributed by atoms with Crippen LogP contribution in [0.5, 0.6) is 11.5 Å². The van der Waals surface area contributed by atoms with E-state index >= 15 is 0 Å². The number of nitrogens with one attached hydrogen (secondary N) is 1. The minimum absolute atomic E-state index is 0.0343. The second kappa shape index (κ2) is 9.68. The van der Waals surface area contributed by atoms with Crippen LogP contribution in [0.4, 0.5) is 8.78 Å². The largest absolute Gasteiger partial charge is 0.497 e. The Bertz CT molecular complexity index is 903. The van der Waals surface area contributed by atoms with Crippen molar-refractivity contribution in [3.8, 4) is 17.6 Å². The van der Waals surface area contributed by atoms with Gasteiger partial charge in [-0.1, -0.05) is 12.1 Å². The minimum atomic E-state index is -2.98. The fraction of sp³-hybridized carbons (Fsp3) is 0.105. The summed E-state index contributed by atoms with van der Waals surface area (Å²) in [6.07, 6.45) is 1.28. The van der Waals surface area contributed by atoms with E-state index in [4.69, 9.17) is 10.00 Å². The number of amides is 1. The molecule has 144 valence electrons. The van der Waals surface area contributed by atoms with Crippen LogP contribution in [0.2, 0.25) is 0 Å². The highest BCUT2D eigenvalue weighted by atomic mass is 19.3. The first-order chi connectivity index (χ1) is 13.4. The molecule has 0 saturated heterocycles. The lowest BCUT2D eigenvalue weighted by molar-refractivity contribution is -0.143. The molecular formula is C19H14F2N2O5. The molecule has 0 aliphatic carbocycles. The third kappa shape index (κ3) is 5.81. The van der Waals surface area contributed by atoms with Gasteiger partial charge in [0.1, 0.15) is 23.1 Å². The normalized spacial score (nSPS) is 10.8. The molecule has 0 atom stereocenters. The van der Waals surface area contributed by atoms with Gasteiger partial charge in [0.15, 0.2) is 0 Å². The maximum atomic E-state index is 12.1. The number of rotatable bonds is 6. The lowest BCUT2D eigenvalue weighted by atomic mass is 10.1. The van der Waals surface area contributed by atoms with E-state index in [1.165, 1.54) is 25.3 Å². The molecule has 0 radical (unpaired) electrons. The summed E-state index contributed by atoms with van der Waals surface area (Å²) in [5.41, 5.74) is 2.13. The predicted molar refractivity (Wildman–Crippen MR) is 93.2 cm³/mol. The van der Waals surface area contributed by atoms with E-state index in [1.54, 1.807) is 30.3 Å². The number of methoxy groups -OCH3 is 1. The van der Waals surface area contributed by atoms with Crippen LogP contribution in [0.15, 0.2) is 54.1 Å². The Balaban J connectivity index is 1.97. The van der Waals surface area contributed by atoms with Gasteiger partial charge in [-0.05, 0) is 48.0 Å². The molecule has 9 heteroatoms. The van der Waals surface area contributed by atoms with Crippen molar-refractivity contribution in [1.29, 1.82) is 5.26 Å². The molecule has 1 N–H and O–H groups in total. The van der Waals surface area contributed by atoms with Crippen LogP contribution in [0, 0.1) is 11.3 Å². The molecular weight excluding hydrogens is 374 g/mol. The number of hydroxylamine groups is 1. The topological polar surface area (TPSA) is 97.6 Å². The van der Waals surface area contributed by atoms with Crippen molar-refractivity contribution >= 4 is 18.0 Å². The highest BCUT2D eigenvalue weighted by molar-refractivity contribution is 6.00. The van der Waals surface area contributed by atoms with Gasteiger partial charge in [-0.25, -0.2) is 4.79 Å². The zero-order valence-corrected chi connectivity index (χ0v) is 14.5. The summed E-state index contributed by atoms with van der Waals surface area (Å²) in [5, 5.41) is 9.11. The molecule has 0 spiro atoms.